The Balaban J connectivity index is 1.53. The highest BCUT2D eigenvalue weighted by Gasteiger charge is 2.16. The van der Waals surface area contributed by atoms with Crippen LogP contribution in [-0.2, 0) is 6.54 Å². The third-order valence-electron chi connectivity index (χ3n) is 5.73. The molecule has 0 aliphatic carbocycles. The summed E-state index contributed by atoms with van der Waals surface area (Å²) in [5.41, 5.74) is 1.37. The second-order valence-corrected chi connectivity index (χ2v) is 8.80. The minimum absolute atomic E-state index is 0.0103. The van der Waals surface area contributed by atoms with E-state index in [0.717, 1.165) is 13.0 Å². The number of nitrogens with one attached hydrogen (secondary N) is 1. The van der Waals surface area contributed by atoms with Gasteiger partial charge in [-0.15, -0.1) is 0 Å². The van der Waals surface area contributed by atoms with E-state index in [2.05, 4.69) is 0 Å². The maximum atomic E-state index is 13.2. The van der Waals surface area contributed by atoms with E-state index in [-0.39, 0.29) is 17.1 Å². The van der Waals surface area contributed by atoms with E-state index in [1.54, 1.807) is 9.47 Å². The van der Waals surface area contributed by atoms with E-state index in [9.17, 15) is 9.59 Å². The summed E-state index contributed by atoms with van der Waals surface area (Å²) in [5.74, 6) is 0.318. The minimum atomic E-state index is -0.0103. The van der Waals surface area contributed by atoms with Crippen molar-refractivity contribution in [2.45, 2.75) is 37.4 Å². The number of carbonyl (C=O) groups is 1. The molecule has 5 nitrogen and oxygen atoms in total. The van der Waals surface area contributed by atoms with Crippen LogP contribution in [0, 0.1) is 0 Å². The van der Waals surface area contributed by atoms with Gasteiger partial charge in [0.1, 0.15) is 0 Å². The number of carbonyl (C=O) groups excluding carboxylic acids is 1. The topological polar surface area (TPSA) is 56.4 Å². The summed E-state index contributed by atoms with van der Waals surface area (Å²) >= 11 is 1.36. The Hall–Kier alpha value is -2.44. The second-order valence-electron chi connectivity index (χ2n) is 7.86. The van der Waals surface area contributed by atoms with Crippen molar-refractivity contribution in [1.29, 1.82) is 0 Å². The van der Waals surface area contributed by atoms with Gasteiger partial charge in [-0.25, -0.2) is 4.98 Å². The molecule has 30 heavy (non-hydrogen) atoms. The Bertz CT molecular complexity index is 1060. The highest BCUT2D eigenvalue weighted by atomic mass is 32.2. The van der Waals surface area contributed by atoms with Crippen LogP contribution < -0.4 is 10.5 Å². The zero-order valence-electron chi connectivity index (χ0n) is 17.2. The minimum Gasteiger partial charge on any atom is -0.335 e. The highest BCUT2D eigenvalue weighted by molar-refractivity contribution is 7.99. The van der Waals surface area contributed by atoms with Gasteiger partial charge in [0, 0.05) is 18.5 Å². The van der Waals surface area contributed by atoms with Gasteiger partial charge in [-0.05, 0) is 31.4 Å². The Morgan fingerprint density at radius 1 is 1.00 bits per heavy atom. The molecule has 1 saturated heterocycles. The Labute approximate surface area is 181 Å². The smallest absolute Gasteiger partial charge is 0.262 e. The number of quaternary nitrogens is 1. The lowest BCUT2D eigenvalue weighted by Crippen LogP contribution is -3.12. The summed E-state index contributed by atoms with van der Waals surface area (Å²) in [6.45, 7) is 4.18. The molecule has 0 atom stereocenters. The standard InChI is InChI=1S/C24H27N3O2S/c28-22(19-10-3-1-4-11-19)18-30-24-25-21-13-6-5-12-20(21)23(29)27(24)17-9-16-26-14-7-2-8-15-26/h1,3-6,10-13H,2,7-9,14-18H2/p+1. The van der Waals surface area contributed by atoms with Crippen molar-refractivity contribution in [3.63, 3.8) is 0 Å². The van der Waals surface area contributed by atoms with E-state index >= 15 is 0 Å². The van der Waals surface area contributed by atoms with Gasteiger partial charge in [0.05, 0.1) is 36.3 Å². The van der Waals surface area contributed by atoms with Crippen LogP contribution in [-0.4, -0.2) is 40.7 Å². The van der Waals surface area contributed by atoms with Gasteiger partial charge in [-0.1, -0.05) is 54.2 Å². The van der Waals surface area contributed by atoms with Gasteiger partial charge in [-0.3, -0.25) is 14.2 Å². The second kappa shape index (κ2) is 10.0. The molecule has 0 radical (unpaired) electrons. The molecule has 1 aromatic heterocycles. The third-order valence-corrected chi connectivity index (χ3v) is 6.70. The average molecular weight is 423 g/mol. The summed E-state index contributed by atoms with van der Waals surface area (Å²) in [7, 11) is 0. The molecule has 0 bridgehead atoms. The molecule has 2 aromatic carbocycles. The summed E-state index contributed by atoms with van der Waals surface area (Å²) in [5, 5.41) is 1.28. The van der Waals surface area contributed by atoms with Crippen LogP contribution in [0.3, 0.4) is 0 Å². The van der Waals surface area contributed by atoms with Gasteiger partial charge in [-0.2, -0.15) is 0 Å². The molecule has 1 aliphatic heterocycles. The van der Waals surface area contributed by atoms with Crippen molar-refractivity contribution < 1.29 is 9.69 Å². The predicted octanol–water partition coefficient (Wildman–Crippen LogP) is 2.83. The van der Waals surface area contributed by atoms with Crippen molar-refractivity contribution in [1.82, 2.24) is 9.55 Å². The van der Waals surface area contributed by atoms with Crippen LogP contribution in [0.25, 0.3) is 10.9 Å². The predicted molar refractivity (Wildman–Crippen MR) is 122 cm³/mol. The molecular formula is C24H28N3O2S+. The number of likely N-dealkylation sites (tertiary alicyclic amines) is 1. The Kier molecular flexibility index (Phi) is 6.97. The number of piperidine rings is 1. The third kappa shape index (κ3) is 4.99. The van der Waals surface area contributed by atoms with E-state index in [1.165, 1.54) is 44.1 Å². The number of hydrogen-bond acceptors (Lipinski definition) is 4. The first-order valence-corrected chi connectivity index (χ1v) is 11.7. The summed E-state index contributed by atoms with van der Waals surface area (Å²) < 4.78 is 1.77. The van der Waals surface area contributed by atoms with Gasteiger partial charge in [0.2, 0.25) is 0 Å². The fourth-order valence-corrected chi connectivity index (χ4v) is 5.00. The van der Waals surface area contributed by atoms with Crippen molar-refractivity contribution in [3.8, 4) is 0 Å². The first kappa shape index (κ1) is 20.8. The fourth-order valence-electron chi connectivity index (χ4n) is 4.08. The number of thioether (sulfide) groups is 1. The van der Waals surface area contributed by atoms with Crippen LogP contribution in [0.5, 0.6) is 0 Å². The van der Waals surface area contributed by atoms with Crippen LogP contribution in [0.4, 0.5) is 0 Å². The van der Waals surface area contributed by atoms with E-state index in [4.69, 9.17) is 4.98 Å². The maximum Gasteiger partial charge on any atom is 0.262 e. The van der Waals surface area contributed by atoms with E-state index in [1.807, 2.05) is 54.6 Å². The molecule has 0 unspecified atom stereocenters. The van der Waals surface area contributed by atoms with Gasteiger partial charge in [0.15, 0.2) is 10.9 Å². The first-order valence-electron chi connectivity index (χ1n) is 10.8. The van der Waals surface area contributed by atoms with Crippen molar-refractivity contribution in [3.05, 3.63) is 70.5 Å². The number of ketones is 1. The normalized spacial score (nSPS) is 14.8. The number of fused-ring (bicyclic) bond motifs is 1. The zero-order valence-corrected chi connectivity index (χ0v) is 18.0. The number of rotatable bonds is 8. The van der Waals surface area contributed by atoms with Crippen molar-refractivity contribution in [2.24, 2.45) is 0 Å². The van der Waals surface area contributed by atoms with E-state index < -0.39 is 0 Å². The lowest BCUT2D eigenvalue weighted by Gasteiger charge is -2.23. The molecule has 0 saturated carbocycles. The van der Waals surface area contributed by atoms with Crippen LogP contribution >= 0.6 is 11.8 Å². The summed E-state index contributed by atoms with van der Waals surface area (Å²) in [6.07, 6.45) is 4.88. The lowest BCUT2D eigenvalue weighted by molar-refractivity contribution is -0.905. The first-order chi connectivity index (χ1) is 14.7. The molecule has 3 aromatic rings. The molecule has 0 spiro atoms. The number of nitrogens with zero attached hydrogens (tertiary/aromatic N) is 2. The number of benzene rings is 2. The quantitative estimate of drug-likeness (QED) is 0.345. The summed E-state index contributed by atoms with van der Waals surface area (Å²) in [6, 6.07) is 16.7. The number of para-hydroxylation sites is 1. The number of Topliss-reactive ketones (excluding diaryl/α,β-unsaturated/α-hetero) is 1. The molecule has 1 fully saturated rings. The summed E-state index contributed by atoms with van der Waals surface area (Å²) in [4.78, 5) is 32.1. The molecule has 156 valence electrons. The van der Waals surface area contributed by atoms with Crippen LogP contribution in [0.15, 0.2) is 64.5 Å². The average Bonchev–Trinajstić information content (AvgIpc) is 2.80. The molecule has 1 N–H and O–H groups in total. The molecule has 2 heterocycles. The highest BCUT2D eigenvalue weighted by Crippen LogP contribution is 2.19. The zero-order chi connectivity index (χ0) is 20.8. The molecular weight excluding hydrogens is 394 g/mol. The Morgan fingerprint density at radius 3 is 2.53 bits per heavy atom. The molecule has 6 heteroatoms. The molecule has 1 aliphatic rings. The van der Waals surface area contributed by atoms with Crippen LogP contribution in [0.2, 0.25) is 0 Å². The van der Waals surface area contributed by atoms with Gasteiger partial charge < -0.3 is 4.90 Å². The monoisotopic (exact) mass is 422 g/mol. The SMILES string of the molecule is O=C(CSc1nc2ccccc2c(=O)n1CCC[NH+]1CCCCC1)c1ccccc1. The lowest BCUT2D eigenvalue weighted by atomic mass is 10.1. The maximum absolute atomic E-state index is 13.2. The van der Waals surface area contributed by atoms with Gasteiger partial charge in [0.25, 0.3) is 5.56 Å². The van der Waals surface area contributed by atoms with E-state index in [0.29, 0.717) is 28.2 Å². The van der Waals surface area contributed by atoms with Crippen molar-refractivity contribution >= 4 is 28.4 Å². The number of aromatic nitrogens is 2. The van der Waals surface area contributed by atoms with Crippen LogP contribution in [0.1, 0.15) is 36.0 Å². The number of hydrogen-bond donors (Lipinski definition) is 1. The Morgan fingerprint density at radius 2 is 1.73 bits per heavy atom. The molecule has 0 amide bonds. The van der Waals surface area contributed by atoms with Crippen molar-refractivity contribution in [2.75, 3.05) is 25.4 Å². The largest absolute Gasteiger partial charge is 0.335 e. The fraction of sp³-hybridized carbons (Fsp3) is 0.375. The molecule has 4 rings (SSSR count). The van der Waals surface area contributed by atoms with Gasteiger partial charge >= 0.3 is 0 Å².